The molecule has 0 saturated heterocycles. The van der Waals surface area contributed by atoms with Crippen molar-refractivity contribution in [2.75, 3.05) is 0 Å². The molecule has 0 aromatic carbocycles. The summed E-state index contributed by atoms with van der Waals surface area (Å²) in [5.41, 5.74) is -0.0401. The smallest absolute Gasteiger partial charge is 0.341 e. The maximum Gasteiger partial charge on any atom is 0.341 e. The number of carboxylic acid groups (broad SMARTS) is 1. The molecule has 0 spiro atoms. The maximum absolute atomic E-state index is 11.8. The summed E-state index contributed by atoms with van der Waals surface area (Å²) in [6.45, 7) is 5.48. The first-order valence-electron chi connectivity index (χ1n) is 4.94. The fourth-order valence-corrected chi connectivity index (χ4v) is 1.44. The second-order valence-corrected chi connectivity index (χ2v) is 3.65. The van der Waals surface area contributed by atoms with Gasteiger partial charge in [-0.2, -0.15) is 0 Å². The van der Waals surface area contributed by atoms with E-state index in [9.17, 15) is 9.59 Å². The first-order chi connectivity index (χ1) is 6.99. The van der Waals surface area contributed by atoms with Gasteiger partial charge < -0.3 is 9.67 Å². The van der Waals surface area contributed by atoms with E-state index in [2.05, 4.69) is 0 Å². The van der Waals surface area contributed by atoms with E-state index in [1.807, 2.05) is 13.8 Å². The van der Waals surface area contributed by atoms with Gasteiger partial charge in [0.25, 0.3) is 5.56 Å². The summed E-state index contributed by atoms with van der Waals surface area (Å²) in [7, 11) is 0. The topological polar surface area (TPSA) is 59.3 Å². The van der Waals surface area contributed by atoms with E-state index in [-0.39, 0.29) is 11.6 Å². The Morgan fingerprint density at radius 2 is 2.20 bits per heavy atom. The molecule has 4 heteroatoms. The van der Waals surface area contributed by atoms with Gasteiger partial charge in [0.15, 0.2) is 0 Å². The summed E-state index contributed by atoms with van der Waals surface area (Å²) in [5.74, 6) is -1.16. The summed E-state index contributed by atoms with van der Waals surface area (Å²) in [5, 5.41) is 8.91. The monoisotopic (exact) mass is 209 g/mol. The van der Waals surface area contributed by atoms with Crippen LogP contribution in [0.3, 0.4) is 0 Å². The standard InChI is InChI=1S/C11H15NO3/c1-4-8(3)12-6-5-7(2)9(10(12)13)11(14)15/h5-6,8H,4H2,1-3H3,(H,14,15). The fourth-order valence-electron chi connectivity index (χ4n) is 1.44. The van der Waals surface area contributed by atoms with Crippen LogP contribution in [0.25, 0.3) is 0 Å². The van der Waals surface area contributed by atoms with Crippen molar-refractivity contribution < 1.29 is 9.90 Å². The van der Waals surface area contributed by atoms with Crippen LogP contribution in [0.2, 0.25) is 0 Å². The number of carboxylic acids is 1. The zero-order valence-corrected chi connectivity index (χ0v) is 9.15. The van der Waals surface area contributed by atoms with Gasteiger partial charge in [-0.25, -0.2) is 4.79 Å². The number of carbonyl (C=O) groups is 1. The number of hydrogen-bond donors (Lipinski definition) is 1. The maximum atomic E-state index is 11.8. The minimum absolute atomic E-state index is 0.0243. The van der Waals surface area contributed by atoms with Crippen LogP contribution in [0.4, 0.5) is 0 Å². The summed E-state index contributed by atoms with van der Waals surface area (Å²) in [4.78, 5) is 22.7. The molecule has 4 nitrogen and oxygen atoms in total. The van der Waals surface area contributed by atoms with Crippen molar-refractivity contribution >= 4 is 5.97 Å². The number of hydrogen-bond acceptors (Lipinski definition) is 2. The molecule has 0 aliphatic carbocycles. The Bertz CT molecular complexity index is 434. The summed E-state index contributed by atoms with van der Waals surface area (Å²) < 4.78 is 1.47. The Labute approximate surface area is 88.2 Å². The number of aryl methyl sites for hydroxylation is 1. The van der Waals surface area contributed by atoms with Crippen LogP contribution >= 0.6 is 0 Å². The van der Waals surface area contributed by atoms with Gasteiger partial charge in [-0.1, -0.05) is 6.92 Å². The predicted molar refractivity (Wildman–Crippen MR) is 57.4 cm³/mol. The van der Waals surface area contributed by atoms with Crippen molar-refractivity contribution in [1.29, 1.82) is 0 Å². The summed E-state index contributed by atoms with van der Waals surface area (Å²) in [6.07, 6.45) is 2.44. The molecule has 1 rings (SSSR count). The molecule has 0 bridgehead atoms. The van der Waals surface area contributed by atoms with E-state index in [1.54, 1.807) is 19.2 Å². The molecule has 1 aromatic heterocycles. The largest absolute Gasteiger partial charge is 0.477 e. The lowest BCUT2D eigenvalue weighted by Gasteiger charge is -2.14. The highest BCUT2D eigenvalue weighted by Gasteiger charge is 2.15. The third kappa shape index (κ3) is 2.09. The van der Waals surface area contributed by atoms with Crippen molar-refractivity contribution in [3.05, 3.63) is 33.7 Å². The van der Waals surface area contributed by atoms with Crippen LogP contribution in [0.15, 0.2) is 17.1 Å². The molecule has 0 aliphatic heterocycles. The number of nitrogens with zero attached hydrogens (tertiary/aromatic N) is 1. The molecule has 1 N–H and O–H groups in total. The molecule has 0 amide bonds. The highest BCUT2D eigenvalue weighted by atomic mass is 16.4. The summed E-state index contributed by atoms with van der Waals surface area (Å²) >= 11 is 0. The Hall–Kier alpha value is -1.58. The Balaban J connectivity index is 3.42. The molecular formula is C11H15NO3. The lowest BCUT2D eigenvalue weighted by Crippen LogP contribution is -2.28. The molecule has 82 valence electrons. The molecule has 0 saturated carbocycles. The molecule has 0 aliphatic rings. The van der Waals surface area contributed by atoms with E-state index < -0.39 is 11.5 Å². The van der Waals surface area contributed by atoms with E-state index in [0.717, 1.165) is 6.42 Å². The highest BCUT2D eigenvalue weighted by Crippen LogP contribution is 2.09. The number of rotatable bonds is 3. The average molecular weight is 209 g/mol. The van der Waals surface area contributed by atoms with Crippen LogP contribution in [0, 0.1) is 6.92 Å². The third-order valence-corrected chi connectivity index (χ3v) is 2.61. The first-order valence-corrected chi connectivity index (χ1v) is 4.94. The molecule has 1 heterocycles. The lowest BCUT2D eigenvalue weighted by atomic mass is 10.1. The van der Waals surface area contributed by atoms with Gasteiger partial charge in [-0.15, -0.1) is 0 Å². The number of aromatic nitrogens is 1. The van der Waals surface area contributed by atoms with E-state index >= 15 is 0 Å². The highest BCUT2D eigenvalue weighted by molar-refractivity contribution is 5.88. The molecule has 1 aromatic rings. The SMILES string of the molecule is CCC(C)n1ccc(C)c(C(=O)O)c1=O. The second-order valence-electron chi connectivity index (χ2n) is 3.65. The van der Waals surface area contributed by atoms with Crippen molar-refractivity contribution in [1.82, 2.24) is 4.57 Å². The molecule has 15 heavy (non-hydrogen) atoms. The minimum Gasteiger partial charge on any atom is -0.477 e. The van der Waals surface area contributed by atoms with Crippen LogP contribution in [-0.4, -0.2) is 15.6 Å². The first kappa shape index (κ1) is 11.5. The lowest BCUT2D eigenvalue weighted by molar-refractivity contribution is 0.0693. The van der Waals surface area contributed by atoms with Crippen molar-refractivity contribution in [2.24, 2.45) is 0 Å². The van der Waals surface area contributed by atoms with Crippen LogP contribution in [0.5, 0.6) is 0 Å². The van der Waals surface area contributed by atoms with Gasteiger partial charge in [0, 0.05) is 12.2 Å². The molecule has 1 atom stereocenters. The Morgan fingerprint density at radius 1 is 1.60 bits per heavy atom. The van der Waals surface area contributed by atoms with Crippen molar-refractivity contribution in [3.8, 4) is 0 Å². The minimum atomic E-state index is -1.16. The zero-order valence-electron chi connectivity index (χ0n) is 9.15. The molecular weight excluding hydrogens is 194 g/mol. The van der Waals surface area contributed by atoms with E-state index in [0.29, 0.717) is 5.56 Å². The predicted octanol–water partition coefficient (Wildman–Crippen LogP) is 1.83. The summed E-state index contributed by atoms with van der Waals surface area (Å²) in [6, 6.07) is 1.69. The van der Waals surface area contributed by atoms with Crippen LogP contribution in [-0.2, 0) is 0 Å². The average Bonchev–Trinajstić information content (AvgIpc) is 2.16. The van der Waals surface area contributed by atoms with Gasteiger partial charge in [-0.3, -0.25) is 4.79 Å². The van der Waals surface area contributed by atoms with E-state index in [1.165, 1.54) is 4.57 Å². The van der Waals surface area contributed by atoms with Gasteiger partial charge >= 0.3 is 5.97 Å². The quantitative estimate of drug-likeness (QED) is 0.826. The molecule has 0 fully saturated rings. The Kier molecular flexibility index (Phi) is 3.29. The third-order valence-electron chi connectivity index (χ3n) is 2.61. The molecule has 1 unspecified atom stereocenters. The number of pyridine rings is 1. The fraction of sp³-hybridized carbons (Fsp3) is 0.455. The normalized spacial score (nSPS) is 12.5. The zero-order chi connectivity index (χ0) is 11.6. The van der Waals surface area contributed by atoms with Gasteiger partial charge in [0.1, 0.15) is 5.56 Å². The van der Waals surface area contributed by atoms with Crippen molar-refractivity contribution in [3.63, 3.8) is 0 Å². The van der Waals surface area contributed by atoms with E-state index in [4.69, 9.17) is 5.11 Å². The number of aromatic carboxylic acids is 1. The Morgan fingerprint density at radius 3 is 2.67 bits per heavy atom. The molecule has 0 radical (unpaired) electrons. The van der Waals surface area contributed by atoms with Crippen LogP contribution in [0.1, 0.15) is 42.2 Å². The van der Waals surface area contributed by atoms with Gasteiger partial charge in [-0.05, 0) is 31.9 Å². The van der Waals surface area contributed by atoms with Gasteiger partial charge in [0.05, 0.1) is 0 Å². The second kappa shape index (κ2) is 4.29. The van der Waals surface area contributed by atoms with Crippen LogP contribution < -0.4 is 5.56 Å². The van der Waals surface area contributed by atoms with Crippen molar-refractivity contribution in [2.45, 2.75) is 33.2 Å². The van der Waals surface area contributed by atoms with Gasteiger partial charge in [0.2, 0.25) is 0 Å².